The second-order valence-electron chi connectivity index (χ2n) is 7.27. The number of amides is 2. The minimum Gasteiger partial charge on any atom is -0.491 e. The largest absolute Gasteiger partial charge is 0.491 e. The third-order valence-electron chi connectivity index (χ3n) is 4.97. The highest BCUT2D eigenvalue weighted by Crippen LogP contribution is 2.33. The molecule has 10 heteroatoms. The second-order valence-corrected chi connectivity index (χ2v) is 7.64. The van der Waals surface area contributed by atoms with Crippen molar-refractivity contribution in [3.8, 4) is 5.75 Å². The SMILES string of the molecule is CNCCOc1cccc(C(=O)N2CC(NC(=O)c3cn(C4CC4)nn3)C2)c1Cl. The monoisotopic (exact) mass is 418 g/mol. The summed E-state index contributed by atoms with van der Waals surface area (Å²) in [6.07, 6.45) is 3.83. The van der Waals surface area contributed by atoms with Crippen LogP contribution >= 0.6 is 11.6 Å². The quantitative estimate of drug-likeness (QED) is 0.623. The van der Waals surface area contributed by atoms with Gasteiger partial charge in [-0.15, -0.1) is 5.10 Å². The zero-order valence-corrected chi connectivity index (χ0v) is 16.9. The first-order valence-electron chi connectivity index (χ1n) is 9.64. The van der Waals surface area contributed by atoms with Crippen molar-refractivity contribution in [3.05, 3.63) is 40.7 Å². The van der Waals surface area contributed by atoms with Crippen molar-refractivity contribution < 1.29 is 14.3 Å². The van der Waals surface area contributed by atoms with E-state index in [1.54, 1.807) is 34.0 Å². The first-order chi connectivity index (χ1) is 14.1. The molecule has 0 bridgehead atoms. The van der Waals surface area contributed by atoms with Crippen LogP contribution in [0.1, 0.15) is 39.7 Å². The molecule has 0 radical (unpaired) electrons. The average Bonchev–Trinajstić information content (AvgIpc) is 3.42. The fourth-order valence-corrected chi connectivity index (χ4v) is 3.38. The van der Waals surface area contributed by atoms with E-state index < -0.39 is 0 Å². The number of nitrogens with zero attached hydrogens (tertiary/aromatic N) is 4. The standard InChI is InChI=1S/C19H23ClN6O3/c1-21-7-8-29-16-4-2-3-14(17(16)20)19(28)25-9-12(10-25)22-18(27)15-11-26(24-23-15)13-5-6-13/h2-4,11-13,21H,5-10H2,1H3,(H,22,27). The van der Waals surface area contributed by atoms with Crippen molar-refractivity contribution in [3.63, 3.8) is 0 Å². The van der Waals surface area contributed by atoms with Crippen LogP contribution in [0.25, 0.3) is 0 Å². The van der Waals surface area contributed by atoms with Crippen LogP contribution < -0.4 is 15.4 Å². The third kappa shape index (κ3) is 4.35. The molecule has 1 aliphatic heterocycles. The van der Waals surface area contributed by atoms with Crippen molar-refractivity contribution in [2.75, 3.05) is 33.3 Å². The third-order valence-corrected chi connectivity index (χ3v) is 5.36. The molecule has 1 aromatic carbocycles. The van der Waals surface area contributed by atoms with Crippen molar-refractivity contribution in [1.82, 2.24) is 30.5 Å². The summed E-state index contributed by atoms with van der Waals surface area (Å²) < 4.78 is 7.34. The van der Waals surface area contributed by atoms with Crippen LogP contribution in [-0.2, 0) is 0 Å². The van der Waals surface area contributed by atoms with E-state index in [0.29, 0.717) is 54.3 Å². The van der Waals surface area contributed by atoms with Crippen LogP contribution in [0.15, 0.2) is 24.4 Å². The van der Waals surface area contributed by atoms with E-state index in [2.05, 4.69) is 20.9 Å². The summed E-state index contributed by atoms with van der Waals surface area (Å²) in [7, 11) is 1.83. The van der Waals surface area contributed by atoms with Crippen LogP contribution in [0.3, 0.4) is 0 Å². The van der Waals surface area contributed by atoms with E-state index >= 15 is 0 Å². The number of likely N-dealkylation sites (N-methyl/N-ethyl adjacent to an activating group) is 1. The molecule has 2 N–H and O–H groups in total. The normalized spacial score (nSPS) is 16.4. The topological polar surface area (TPSA) is 101 Å². The fourth-order valence-electron chi connectivity index (χ4n) is 3.11. The van der Waals surface area contributed by atoms with Crippen molar-refractivity contribution in [2.45, 2.75) is 24.9 Å². The molecule has 1 saturated carbocycles. The van der Waals surface area contributed by atoms with Gasteiger partial charge in [-0.1, -0.05) is 22.9 Å². The molecule has 29 heavy (non-hydrogen) atoms. The summed E-state index contributed by atoms with van der Waals surface area (Å²) in [5, 5.41) is 14.1. The number of likely N-dealkylation sites (tertiary alicyclic amines) is 1. The summed E-state index contributed by atoms with van der Waals surface area (Å²) in [6.45, 7) is 1.97. The Hall–Kier alpha value is -2.65. The van der Waals surface area contributed by atoms with Gasteiger partial charge >= 0.3 is 0 Å². The van der Waals surface area contributed by atoms with Gasteiger partial charge in [0.15, 0.2) is 5.69 Å². The van der Waals surface area contributed by atoms with E-state index in [0.717, 1.165) is 12.8 Å². The summed E-state index contributed by atoms with van der Waals surface area (Å²) in [5.74, 6) is 0.0306. The Morgan fingerprint density at radius 3 is 2.83 bits per heavy atom. The number of halogens is 1. The number of carbonyl (C=O) groups excluding carboxylic acids is 2. The zero-order valence-electron chi connectivity index (χ0n) is 16.1. The number of carbonyl (C=O) groups is 2. The number of ether oxygens (including phenoxy) is 1. The molecule has 154 valence electrons. The molecule has 2 amide bonds. The van der Waals surface area contributed by atoms with Crippen LogP contribution in [0.5, 0.6) is 5.75 Å². The van der Waals surface area contributed by atoms with Gasteiger partial charge in [-0.25, -0.2) is 4.68 Å². The molecule has 2 aliphatic rings. The maximum Gasteiger partial charge on any atom is 0.273 e. The van der Waals surface area contributed by atoms with Gasteiger partial charge in [-0.3, -0.25) is 9.59 Å². The van der Waals surface area contributed by atoms with Crippen LogP contribution in [0.4, 0.5) is 0 Å². The first-order valence-corrected chi connectivity index (χ1v) is 10.0. The summed E-state index contributed by atoms with van der Waals surface area (Å²) in [5.41, 5.74) is 0.696. The van der Waals surface area contributed by atoms with Crippen LogP contribution in [0.2, 0.25) is 5.02 Å². The van der Waals surface area contributed by atoms with Gasteiger partial charge in [0.2, 0.25) is 0 Å². The van der Waals surface area contributed by atoms with E-state index in [1.165, 1.54) is 0 Å². The molecule has 1 saturated heterocycles. The summed E-state index contributed by atoms with van der Waals surface area (Å²) in [4.78, 5) is 26.7. The second kappa shape index (κ2) is 8.38. The number of hydrogen-bond donors (Lipinski definition) is 2. The summed E-state index contributed by atoms with van der Waals surface area (Å²) in [6, 6.07) is 5.42. The van der Waals surface area contributed by atoms with Gasteiger partial charge in [-0.2, -0.15) is 0 Å². The van der Waals surface area contributed by atoms with Gasteiger partial charge in [0.25, 0.3) is 11.8 Å². The highest BCUT2D eigenvalue weighted by atomic mass is 35.5. The highest BCUT2D eigenvalue weighted by Gasteiger charge is 2.34. The Morgan fingerprint density at radius 1 is 1.31 bits per heavy atom. The van der Waals surface area contributed by atoms with E-state index in [-0.39, 0.29) is 17.9 Å². The number of benzene rings is 1. The zero-order chi connectivity index (χ0) is 20.4. The molecule has 0 spiro atoms. The molecule has 4 rings (SSSR count). The van der Waals surface area contributed by atoms with E-state index in [4.69, 9.17) is 16.3 Å². The Bertz CT molecular complexity index is 907. The minimum absolute atomic E-state index is 0.119. The fraction of sp³-hybridized carbons (Fsp3) is 0.474. The average molecular weight is 419 g/mol. The van der Waals surface area contributed by atoms with Gasteiger partial charge in [0.05, 0.1) is 28.9 Å². The lowest BCUT2D eigenvalue weighted by Crippen LogP contribution is -2.61. The minimum atomic E-state index is -0.271. The Morgan fingerprint density at radius 2 is 2.10 bits per heavy atom. The number of nitrogens with one attached hydrogen (secondary N) is 2. The Kier molecular flexibility index (Phi) is 5.68. The molecule has 0 unspecified atom stereocenters. The van der Waals surface area contributed by atoms with Gasteiger partial charge in [0.1, 0.15) is 12.4 Å². The van der Waals surface area contributed by atoms with Gasteiger partial charge < -0.3 is 20.3 Å². The molecule has 2 aromatic rings. The van der Waals surface area contributed by atoms with Gasteiger partial charge in [0, 0.05) is 19.6 Å². The molecule has 2 heterocycles. The predicted octanol–water partition coefficient (Wildman–Crippen LogP) is 1.12. The van der Waals surface area contributed by atoms with Crippen molar-refractivity contribution in [1.29, 1.82) is 0 Å². The lowest BCUT2D eigenvalue weighted by Gasteiger charge is -2.39. The maximum atomic E-state index is 12.8. The van der Waals surface area contributed by atoms with Crippen molar-refractivity contribution >= 4 is 23.4 Å². The lowest BCUT2D eigenvalue weighted by molar-refractivity contribution is 0.0541. The summed E-state index contributed by atoms with van der Waals surface area (Å²) >= 11 is 6.36. The molecule has 2 fully saturated rings. The van der Waals surface area contributed by atoms with Crippen LogP contribution in [-0.4, -0.2) is 71.0 Å². The molecular formula is C19H23ClN6O3. The predicted molar refractivity (Wildman–Crippen MR) is 106 cm³/mol. The van der Waals surface area contributed by atoms with E-state index in [9.17, 15) is 9.59 Å². The molecule has 9 nitrogen and oxygen atoms in total. The number of rotatable bonds is 8. The molecule has 1 aliphatic carbocycles. The Labute approximate surface area is 173 Å². The van der Waals surface area contributed by atoms with Gasteiger partial charge in [-0.05, 0) is 32.0 Å². The smallest absolute Gasteiger partial charge is 0.273 e. The van der Waals surface area contributed by atoms with Crippen LogP contribution in [0, 0.1) is 0 Å². The Balaban J connectivity index is 1.30. The number of aromatic nitrogens is 3. The number of hydrogen-bond acceptors (Lipinski definition) is 6. The lowest BCUT2D eigenvalue weighted by atomic mass is 10.1. The molecule has 1 aromatic heterocycles. The van der Waals surface area contributed by atoms with E-state index in [1.807, 2.05) is 7.05 Å². The first kappa shape index (κ1) is 19.7. The highest BCUT2D eigenvalue weighted by molar-refractivity contribution is 6.35. The molecular weight excluding hydrogens is 396 g/mol. The van der Waals surface area contributed by atoms with Crippen molar-refractivity contribution in [2.24, 2.45) is 0 Å². The maximum absolute atomic E-state index is 12.8. The molecule has 0 atom stereocenters.